The highest BCUT2D eigenvalue weighted by Crippen LogP contribution is 2.34. The van der Waals surface area contributed by atoms with Gasteiger partial charge in [0.25, 0.3) is 0 Å². The van der Waals surface area contributed by atoms with E-state index >= 15 is 0 Å². The van der Waals surface area contributed by atoms with Crippen LogP contribution in [0.4, 0.5) is 0 Å². The van der Waals surface area contributed by atoms with E-state index in [2.05, 4.69) is 36.2 Å². The number of hydrogen-bond acceptors (Lipinski definition) is 4. The number of imide groups is 1. The van der Waals surface area contributed by atoms with Crippen molar-refractivity contribution in [2.45, 2.75) is 46.2 Å². The fourth-order valence-corrected chi connectivity index (χ4v) is 5.37. The van der Waals surface area contributed by atoms with Crippen molar-refractivity contribution < 1.29 is 14.4 Å². The number of likely N-dealkylation sites (tertiary alicyclic amines) is 2. The first-order valence-corrected chi connectivity index (χ1v) is 11.5. The smallest absolute Gasteiger partial charge is 0.240 e. The molecule has 0 aromatic heterocycles. The lowest BCUT2D eigenvalue weighted by molar-refractivity contribution is -0.143. The van der Waals surface area contributed by atoms with Gasteiger partial charge in [0.05, 0.1) is 11.8 Å². The lowest BCUT2D eigenvalue weighted by Gasteiger charge is -2.35. The number of rotatable bonds is 6. The van der Waals surface area contributed by atoms with Crippen LogP contribution in [0.1, 0.15) is 44.2 Å². The molecule has 4 atom stereocenters. The molecule has 6 nitrogen and oxygen atoms in total. The van der Waals surface area contributed by atoms with Crippen molar-refractivity contribution in [3.8, 4) is 0 Å². The predicted octanol–water partition coefficient (Wildman–Crippen LogP) is 2.73. The Labute approximate surface area is 184 Å². The van der Waals surface area contributed by atoms with E-state index in [0.717, 1.165) is 41.9 Å². The fourth-order valence-electron chi connectivity index (χ4n) is 5.37. The van der Waals surface area contributed by atoms with E-state index in [1.807, 2.05) is 24.3 Å². The Morgan fingerprint density at radius 3 is 2.06 bits per heavy atom. The zero-order valence-electron chi connectivity index (χ0n) is 18.5. The number of nitrogens with one attached hydrogen (secondary N) is 1. The van der Waals surface area contributed by atoms with Crippen molar-refractivity contribution in [3.63, 3.8) is 0 Å². The van der Waals surface area contributed by atoms with E-state index in [9.17, 15) is 14.4 Å². The van der Waals surface area contributed by atoms with Crippen LogP contribution in [0.2, 0.25) is 0 Å². The van der Waals surface area contributed by atoms with E-state index in [1.54, 1.807) is 0 Å². The minimum Gasteiger partial charge on any atom is -0.350 e. The van der Waals surface area contributed by atoms with Crippen LogP contribution >= 0.6 is 0 Å². The monoisotopic (exact) mass is 423 g/mol. The molecular weight excluding hydrogens is 390 g/mol. The van der Waals surface area contributed by atoms with Crippen LogP contribution in [0.5, 0.6) is 0 Å². The Kier molecular flexibility index (Phi) is 6.56. The van der Waals surface area contributed by atoms with Crippen molar-refractivity contribution in [1.29, 1.82) is 0 Å². The normalized spacial score (nSPS) is 28.6. The molecule has 1 aromatic rings. The van der Waals surface area contributed by atoms with Gasteiger partial charge in [-0.05, 0) is 42.2 Å². The zero-order chi connectivity index (χ0) is 22.0. The molecule has 31 heavy (non-hydrogen) atoms. The predicted molar refractivity (Wildman–Crippen MR) is 119 cm³/mol. The molecule has 0 unspecified atom stereocenters. The Morgan fingerprint density at radius 2 is 1.48 bits per heavy atom. The molecule has 0 bridgehead atoms. The van der Waals surface area contributed by atoms with E-state index in [-0.39, 0.29) is 36.1 Å². The molecule has 2 heterocycles. The molecule has 0 saturated carbocycles. The number of allylic oxidation sites excluding steroid dienone is 2. The highest BCUT2D eigenvalue weighted by Gasteiger charge is 2.47. The van der Waals surface area contributed by atoms with E-state index in [1.165, 1.54) is 12.0 Å². The first-order valence-electron chi connectivity index (χ1n) is 11.5. The van der Waals surface area contributed by atoms with Gasteiger partial charge in [-0.1, -0.05) is 50.3 Å². The number of piperidine rings is 1. The molecule has 2 saturated heterocycles. The molecule has 2 aliphatic heterocycles. The van der Waals surface area contributed by atoms with Gasteiger partial charge < -0.3 is 5.32 Å². The molecule has 2 fully saturated rings. The van der Waals surface area contributed by atoms with E-state index in [0.29, 0.717) is 19.4 Å². The lowest BCUT2D eigenvalue weighted by atomic mass is 9.85. The van der Waals surface area contributed by atoms with E-state index < -0.39 is 0 Å². The second-order valence-corrected chi connectivity index (χ2v) is 9.65. The number of carbonyl (C=O) groups excluding carboxylic acids is 3. The Hall–Kier alpha value is -2.47. The summed E-state index contributed by atoms with van der Waals surface area (Å²) in [5, 5.41) is 2.85. The summed E-state index contributed by atoms with van der Waals surface area (Å²) in [5.41, 5.74) is 2.29. The highest BCUT2D eigenvalue weighted by molar-refractivity contribution is 6.07. The number of fused-ring (bicyclic) bond motifs is 1. The minimum atomic E-state index is -0.298. The second kappa shape index (κ2) is 9.35. The molecule has 1 N–H and O–H groups in total. The van der Waals surface area contributed by atoms with E-state index in [4.69, 9.17) is 0 Å². The average molecular weight is 424 g/mol. The Balaban J connectivity index is 1.25. The maximum absolute atomic E-state index is 12.5. The van der Waals surface area contributed by atoms with Crippen molar-refractivity contribution in [3.05, 3.63) is 47.5 Å². The lowest BCUT2D eigenvalue weighted by Crippen LogP contribution is -2.40. The minimum absolute atomic E-state index is 0.186. The third-order valence-electron chi connectivity index (χ3n) is 6.76. The van der Waals surface area contributed by atoms with Gasteiger partial charge in [0, 0.05) is 26.2 Å². The van der Waals surface area contributed by atoms with Crippen molar-refractivity contribution in [2.24, 2.45) is 23.7 Å². The topological polar surface area (TPSA) is 69.7 Å². The summed E-state index contributed by atoms with van der Waals surface area (Å²) < 4.78 is 0. The summed E-state index contributed by atoms with van der Waals surface area (Å²) in [6.45, 7) is 8.10. The molecule has 166 valence electrons. The summed E-state index contributed by atoms with van der Waals surface area (Å²) >= 11 is 0. The average Bonchev–Trinajstić information content (AvgIpc) is 2.98. The zero-order valence-corrected chi connectivity index (χ0v) is 18.5. The molecule has 3 amide bonds. The van der Waals surface area contributed by atoms with Gasteiger partial charge in [-0.3, -0.25) is 24.2 Å². The summed E-state index contributed by atoms with van der Waals surface area (Å²) in [5.74, 6) is 0.196. The summed E-state index contributed by atoms with van der Waals surface area (Å²) in [4.78, 5) is 41.0. The number of carbonyl (C=O) groups is 3. The van der Waals surface area contributed by atoms with Crippen LogP contribution in [0, 0.1) is 23.7 Å². The van der Waals surface area contributed by atoms with Crippen molar-refractivity contribution >= 4 is 17.7 Å². The van der Waals surface area contributed by atoms with Crippen LogP contribution in [0.15, 0.2) is 36.4 Å². The number of hydrogen-bond donors (Lipinski definition) is 1. The first-order chi connectivity index (χ1) is 14.9. The Morgan fingerprint density at radius 1 is 0.935 bits per heavy atom. The molecule has 6 heteroatoms. The van der Waals surface area contributed by atoms with Gasteiger partial charge in [-0.25, -0.2) is 0 Å². The molecule has 3 aliphatic rings. The molecular formula is C25H33N3O3. The molecule has 0 spiro atoms. The third kappa shape index (κ3) is 5.06. The SMILES string of the molecule is C[C@@H]1C[C@H](C)CN(Cc2ccc(CNC(=O)CN3C(=O)[C@H]4CC=CC[C@@H]4C3=O)cc2)C1. The molecule has 0 radical (unpaired) electrons. The van der Waals surface area contributed by atoms with Crippen molar-refractivity contribution in [2.75, 3.05) is 19.6 Å². The largest absolute Gasteiger partial charge is 0.350 e. The number of amides is 3. The first kappa shape index (κ1) is 21.8. The molecule has 1 aliphatic carbocycles. The summed E-state index contributed by atoms with van der Waals surface area (Å²) in [7, 11) is 0. The van der Waals surface area contributed by atoms with Crippen LogP contribution in [0.25, 0.3) is 0 Å². The highest BCUT2D eigenvalue weighted by atomic mass is 16.2. The summed E-state index contributed by atoms with van der Waals surface area (Å²) in [6.07, 6.45) is 6.39. The van der Waals surface area contributed by atoms with Gasteiger partial charge in [0.1, 0.15) is 6.54 Å². The molecule has 4 rings (SSSR count). The van der Waals surface area contributed by atoms with Gasteiger partial charge in [0.15, 0.2) is 0 Å². The van der Waals surface area contributed by atoms with Gasteiger partial charge in [0.2, 0.25) is 17.7 Å². The summed E-state index contributed by atoms with van der Waals surface area (Å²) in [6, 6.07) is 8.32. The van der Waals surface area contributed by atoms with Crippen molar-refractivity contribution in [1.82, 2.24) is 15.1 Å². The Bertz CT molecular complexity index is 827. The van der Waals surface area contributed by atoms with Gasteiger partial charge in [-0.2, -0.15) is 0 Å². The van der Waals surface area contributed by atoms with Crippen LogP contribution in [-0.4, -0.2) is 47.2 Å². The van der Waals surface area contributed by atoms with Crippen LogP contribution in [0.3, 0.4) is 0 Å². The quantitative estimate of drug-likeness (QED) is 0.564. The number of benzene rings is 1. The van der Waals surface area contributed by atoms with Crippen LogP contribution < -0.4 is 5.32 Å². The fraction of sp³-hybridized carbons (Fsp3) is 0.560. The van der Waals surface area contributed by atoms with Gasteiger partial charge in [-0.15, -0.1) is 0 Å². The standard InChI is InChI=1S/C25H33N3O3/c1-17-11-18(2)14-27(13-17)15-20-9-7-19(8-10-20)12-26-23(29)16-28-24(30)21-5-3-4-6-22(21)25(28)31/h3-4,7-10,17-18,21-22H,5-6,11-16H2,1-2H3,(H,26,29)/t17-,18+,21-,22-/m0/s1. The number of nitrogens with zero attached hydrogens (tertiary/aromatic N) is 2. The van der Waals surface area contributed by atoms with Gasteiger partial charge >= 0.3 is 0 Å². The van der Waals surface area contributed by atoms with Crippen LogP contribution in [-0.2, 0) is 27.5 Å². The maximum Gasteiger partial charge on any atom is 0.240 e. The molecule has 1 aromatic carbocycles. The maximum atomic E-state index is 12.5. The second-order valence-electron chi connectivity index (χ2n) is 9.65. The third-order valence-corrected chi connectivity index (χ3v) is 6.76.